The van der Waals surface area contributed by atoms with Gasteiger partial charge < -0.3 is 18.8 Å². The van der Waals surface area contributed by atoms with Crippen molar-refractivity contribution in [2.24, 2.45) is 5.92 Å². The van der Waals surface area contributed by atoms with Gasteiger partial charge in [-0.1, -0.05) is 13.8 Å². The highest BCUT2D eigenvalue weighted by Gasteiger charge is 2.26. The van der Waals surface area contributed by atoms with E-state index in [4.69, 9.17) is 14.2 Å². The number of fused-ring (bicyclic) bond motifs is 1. The number of hydrogen-bond acceptors (Lipinski definition) is 3. The number of furan rings is 1. The Labute approximate surface area is 140 Å². The van der Waals surface area contributed by atoms with Gasteiger partial charge in [0.15, 0.2) is 29.0 Å². The Hall–Kier alpha value is -2.09. The number of imidazole rings is 1. The lowest BCUT2D eigenvalue weighted by molar-refractivity contribution is 0.377. The van der Waals surface area contributed by atoms with Gasteiger partial charge >= 0.3 is 7.60 Å². The van der Waals surface area contributed by atoms with Crippen molar-refractivity contribution in [3.63, 3.8) is 0 Å². The largest absolute Gasteiger partial charge is 0.445 e. The van der Waals surface area contributed by atoms with E-state index in [1.165, 1.54) is 10.6 Å². The van der Waals surface area contributed by atoms with Crippen molar-refractivity contribution < 1.29 is 31.9 Å². The van der Waals surface area contributed by atoms with E-state index >= 15 is 0 Å². The number of hydrogen-bond donors (Lipinski definition) is 2. The molecule has 2 aromatic heterocycles. The summed E-state index contributed by atoms with van der Waals surface area (Å²) < 4.78 is 59.0. The first kappa shape index (κ1) is 17.7. The van der Waals surface area contributed by atoms with Gasteiger partial charge in [-0.3, -0.25) is 4.57 Å². The van der Waals surface area contributed by atoms with Crippen molar-refractivity contribution in [1.29, 1.82) is 0 Å². The maximum absolute atomic E-state index is 14.1. The molecule has 0 atom stereocenters. The van der Waals surface area contributed by atoms with Gasteiger partial charge in [-0.25, -0.2) is 18.2 Å². The smallest absolute Gasteiger partial charge is 0.391 e. The average molecular weight is 374 g/mol. The molecule has 0 fully saturated rings. The van der Waals surface area contributed by atoms with E-state index < -0.39 is 30.5 Å². The normalized spacial score (nSPS) is 12.5. The predicted octanol–water partition coefficient (Wildman–Crippen LogP) is 3.17. The third-order valence-electron chi connectivity index (χ3n) is 3.53. The molecule has 10 heteroatoms. The summed E-state index contributed by atoms with van der Waals surface area (Å²) in [6.07, 6.45) is 0. The molecule has 0 bridgehead atoms. The molecule has 2 N–H and O–H groups in total. The van der Waals surface area contributed by atoms with Crippen molar-refractivity contribution in [3.8, 4) is 11.6 Å². The van der Waals surface area contributed by atoms with Crippen LogP contribution in [-0.4, -0.2) is 19.3 Å². The Balaban J connectivity index is 2.28. The van der Waals surface area contributed by atoms with E-state index in [-0.39, 0.29) is 35.1 Å². The monoisotopic (exact) mass is 374 g/mol. The second-order valence-corrected chi connectivity index (χ2v) is 7.50. The molecule has 0 spiro atoms. The molecule has 6 nitrogen and oxygen atoms in total. The van der Waals surface area contributed by atoms with Gasteiger partial charge in [-0.05, 0) is 18.1 Å². The van der Waals surface area contributed by atoms with Gasteiger partial charge in [-0.2, -0.15) is 0 Å². The SMILES string of the molecule is CC(C)Cn1c(-c2ccc(P(=O)(O)O)o2)nc2c(F)c(F)c(F)cc21. The van der Waals surface area contributed by atoms with Crippen LogP contribution in [0.5, 0.6) is 0 Å². The van der Waals surface area contributed by atoms with Gasteiger partial charge in [0.25, 0.3) is 0 Å². The Bertz CT molecular complexity index is 1010. The zero-order valence-electron chi connectivity index (χ0n) is 13.2. The molecular formula is C15H14F3N2O4P. The first-order chi connectivity index (χ1) is 11.6. The lowest BCUT2D eigenvalue weighted by Gasteiger charge is -2.10. The standard InChI is InChI=1S/C15H14F3N2O4P/c1-7(2)6-20-9-5-8(16)12(17)13(18)14(9)19-15(20)10-3-4-11(24-10)25(21,22)23/h3-5,7H,6H2,1-2H3,(H2,21,22,23). The third-order valence-corrected chi connectivity index (χ3v) is 4.34. The number of benzene rings is 1. The predicted molar refractivity (Wildman–Crippen MR) is 83.8 cm³/mol. The van der Waals surface area contributed by atoms with Crippen LogP contribution in [0.2, 0.25) is 0 Å². The Morgan fingerprint density at radius 1 is 1.24 bits per heavy atom. The minimum Gasteiger partial charge on any atom is -0.445 e. The molecule has 0 saturated heterocycles. The molecule has 0 aliphatic rings. The van der Waals surface area contributed by atoms with E-state index in [0.29, 0.717) is 0 Å². The van der Waals surface area contributed by atoms with Crippen LogP contribution in [0.1, 0.15) is 13.8 Å². The van der Waals surface area contributed by atoms with Crippen molar-refractivity contribution in [3.05, 3.63) is 35.7 Å². The van der Waals surface area contributed by atoms with Crippen LogP contribution in [0, 0.1) is 23.4 Å². The van der Waals surface area contributed by atoms with E-state index in [1.807, 2.05) is 13.8 Å². The van der Waals surface area contributed by atoms with Gasteiger partial charge in [0, 0.05) is 12.6 Å². The lowest BCUT2D eigenvalue weighted by Crippen LogP contribution is -2.06. The summed E-state index contributed by atoms with van der Waals surface area (Å²) in [7, 11) is -4.62. The second kappa shape index (κ2) is 6.01. The Morgan fingerprint density at radius 2 is 1.92 bits per heavy atom. The quantitative estimate of drug-likeness (QED) is 0.541. The van der Waals surface area contributed by atoms with Crippen LogP contribution in [-0.2, 0) is 11.1 Å². The van der Waals surface area contributed by atoms with E-state index in [1.54, 1.807) is 0 Å². The lowest BCUT2D eigenvalue weighted by atomic mass is 10.2. The van der Waals surface area contributed by atoms with Gasteiger partial charge in [0.1, 0.15) is 5.52 Å². The summed E-state index contributed by atoms with van der Waals surface area (Å²) in [5.41, 5.74) is -0.943. The highest BCUT2D eigenvalue weighted by Crippen LogP contribution is 2.36. The van der Waals surface area contributed by atoms with Crippen molar-refractivity contribution in [2.75, 3.05) is 0 Å². The molecule has 0 amide bonds. The average Bonchev–Trinajstić information content (AvgIpc) is 3.10. The molecule has 0 unspecified atom stereocenters. The topological polar surface area (TPSA) is 88.5 Å². The second-order valence-electron chi connectivity index (χ2n) is 5.98. The summed E-state index contributed by atoms with van der Waals surface area (Å²) in [5.74, 6) is -4.40. The van der Waals surface area contributed by atoms with Crippen molar-refractivity contribution in [2.45, 2.75) is 20.4 Å². The summed E-state index contributed by atoms with van der Waals surface area (Å²) in [4.78, 5) is 22.3. The molecule has 0 aliphatic carbocycles. The Morgan fingerprint density at radius 3 is 2.48 bits per heavy atom. The van der Waals surface area contributed by atoms with Crippen molar-refractivity contribution >= 4 is 24.1 Å². The van der Waals surface area contributed by atoms with Crippen molar-refractivity contribution in [1.82, 2.24) is 9.55 Å². The maximum atomic E-state index is 14.1. The van der Waals surface area contributed by atoms with Crippen LogP contribution < -0.4 is 5.50 Å². The molecule has 2 heterocycles. The number of rotatable bonds is 4. The zero-order chi connectivity index (χ0) is 18.5. The zero-order valence-corrected chi connectivity index (χ0v) is 14.1. The maximum Gasteiger partial charge on any atom is 0.391 e. The summed E-state index contributed by atoms with van der Waals surface area (Å²) in [6.45, 7) is 3.99. The highest BCUT2D eigenvalue weighted by molar-refractivity contribution is 7.59. The van der Waals surface area contributed by atoms with Gasteiger partial charge in [0.05, 0.1) is 5.52 Å². The molecule has 0 saturated carbocycles. The fourth-order valence-corrected chi connectivity index (χ4v) is 2.99. The summed E-state index contributed by atoms with van der Waals surface area (Å²) in [5, 5.41) is 0. The molecular weight excluding hydrogens is 360 g/mol. The van der Waals surface area contributed by atoms with E-state index in [9.17, 15) is 17.7 Å². The Kier molecular flexibility index (Phi) is 4.26. The first-order valence-electron chi connectivity index (χ1n) is 7.29. The van der Waals surface area contributed by atoms with Crippen LogP contribution in [0.4, 0.5) is 13.2 Å². The fraction of sp³-hybridized carbons (Fsp3) is 0.267. The van der Waals surface area contributed by atoms with Crippen LogP contribution in [0.25, 0.3) is 22.6 Å². The summed E-state index contributed by atoms with van der Waals surface area (Å²) in [6, 6.07) is 3.17. The minimum absolute atomic E-state index is 0.0206. The van der Waals surface area contributed by atoms with Gasteiger partial charge in [0.2, 0.25) is 5.50 Å². The number of nitrogens with zero attached hydrogens (tertiary/aromatic N) is 2. The molecule has 1 aromatic carbocycles. The molecule has 3 aromatic rings. The summed E-state index contributed by atoms with van der Waals surface area (Å²) >= 11 is 0. The fourth-order valence-electron chi connectivity index (χ4n) is 2.51. The molecule has 0 aliphatic heterocycles. The van der Waals surface area contributed by atoms with Crippen LogP contribution >= 0.6 is 7.60 Å². The third kappa shape index (κ3) is 3.10. The molecule has 3 rings (SSSR count). The number of aromatic nitrogens is 2. The van der Waals surface area contributed by atoms with E-state index in [2.05, 4.69) is 4.98 Å². The highest BCUT2D eigenvalue weighted by atomic mass is 31.2. The van der Waals surface area contributed by atoms with E-state index in [0.717, 1.165) is 12.1 Å². The van der Waals surface area contributed by atoms with Gasteiger partial charge in [-0.15, -0.1) is 0 Å². The first-order valence-corrected chi connectivity index (χ1v) is 8.91. The minimum atomic E-state index is -4.62. The number of halogens is 3. The molecule has 134 valence electrons. The molecule has 0 radical (unpaired) electrons. The van der Waals surface area contributed by atoms with Crippen LogP contribution in [0.15, 0.2) is 22.6 Å². The van der Waals surface area contributed by atoms with Crippen LogP contribution in [0.3, 0.4) is 0 Å². The molecule has 25 heavy (non-hydrogen) atoms.